The molecule has 1 saturated heterocycles. The van der Waals surface area contributed by atoms with Gasteiger partial charge in [0.05, 0.1) is 17.5 Å². The number of nitrogens with one attached hydrogen (secondary N) is 1. The van der Waals surface area contributed by atoms with E-state index >= 15 is 0 Å². The highest BCUT2D eigenvalue weighted by atomic mass is 16.2. The van der Waals surface area contributed by atoms with E-state index in [-0.39, 0.29) is 41.4 Å². The number of hydrogen-bond acceptors (Lipinski definition) is 5. The fourth-order valence-electron chi connectivity index (χ4n) is 4.36. The second kappa shape index (κ2) is 5.35. The van der Waals surface area contributed by atoms with E-state index in [1.807, 2.05) is 0 Å². The van der Waals surface area contributed by atoms with Gasteiger partial charge in [-0.1, -0.05) is 12.2 Å². The van der Waals surface area contributed by atoms with E-state index in [0.29, 0.717) is 11.3 Å². The predicted molar refractivity (Wildman–Crippen MR) is 90.4 cm³/mol. The number of aromatic nitrogens is 3. The molecular weight excluding hydrogens is 334 g/mol. The molecule has 0 unspecified atom stereocenters. The van der Waals surface area contributed by atoms with Crippen molar-refractivity contribution in [1.29, 1.82) is 0 Å². The Balaban J connectivity index is 1.37. The molecule has 2 heterocycles. The number of carbonyl (C=O) groups is 3. The van der Waals surface area contributed by atoms with Gasteiger partial charge in [0.1, 0.15) is 12.7 Å². The van der Waals surface area contributed by atoms with Crippen LogP contribution in [0.15, 0.2) is 49.1 Å². The third-order valence-corrected chi connectivity index (χ3v) is 5.51. The maximum atomic E-state index is 12.8. The first-order chi connectivity index (χ1) is 12.6. The van der Waals surface area contributed by atoms with Crippen molar-refractivity contribution in [3.63, 3.8) is 0 Å². The summed E-state index contributed by atoms with van der Waals surface area (Å²) in [6, 6.07) is 6.45. The van der Waals surface area contributed by atoms with E-state index in [1.165, 1.54) is 22.2 Å². The molecule has 5 rings (SSSR count). The number of benzene rings is 1. The molecule has 2 fully saturated rings. The molecule has 130 valence electrons. The van der Waals surface area contributed by atoms with Crippen molar-refractivity contribution >= 4 is 23.4 Å². The molecule has 0 spiro atoms. The zero-order chi connectivity index (χ0) is 17.8. The van der Waals surface area contributed by atoms with Gasteiger partial charge in [0.15, 0.2) is 0 Å². The lowest BCUT2D eigenvalue weighted by Gasteiger charge is -2.17. The number of fused-ring (bicyclic) bond motifs is 5. The SMILES string of the molecule is O=C(Nn1cnnc1)c1ccc(N2C(=O)[C@@H]3[C@H](C2=O)[C@H]2C=C[C@@H]3C2)cc1. The number of hydrogen-bond donors (Lipinski definition) is 1. The van der Waals surface area contributed by atoms with Crippen LogP contribution >= 0.6 is 0 Å². The Kier molecular flexibility index (Phi) is 3.09. The van der Waals surface area contributed by atoms with Crippen LogP contribution in [0.5, 0.6) is 0 Å². The maximum absolute atomic E-state index is 12.8. The average molecular weight is 349 g/mol. The first-order valence-corrected chi connectivity index (χ1v) is 8.45. The van der Waals surface area contributed by atoms with Gasteiger partial charge in [-0.2, -0.15) is 0 Å². The molecular formula is C18H15N5O3. The van der Waals surface area contributed by atoms with E-state index in [0.717, 1.165) is 6.42 Å². The van der Waals surface area contributed by atoms with Crippen molar-refractivity contribution in [3.05, 3.63) is 54.6 Å². The van der Waals surface area contributed by atoms with E-state index < -0.39 is 0 Å². The van der Waals surface area contributed by atoms with Gasteiger partial charge >= 0.3 is 0 Å². The van der Waals surface area contributed by atoms with Crippen LogP contribution in [0, 0.1) is 23.7 Å². The summed E-state index contributed by atoms with van der Waals surface area (Å²) in [5, 5.41) is 7.22. The second-order valence-electron chi connectivity index (χ2n) is 6.87. The maximum Gasteiger partial charge on any atom is 0.270 e. The molecule has 1 aliphatic heterocycles. The van der Waals surface area contributed by atoms with Gasteiger partial charge in [-0.05, 0) is 42.5 Å². The summed E-state index contributed by atoms with van der Waals surface area (Å²) in [6.07, 6.45) is 7.78. The Morgan fingerprint density at radius 1 is 0.962 bits per heavy atom. The van der Waals surface area contributed by atoms with Gasteiger partial charge in [0, 0.05) is 5.56 Å². The van der Waals surface area contributed by atoms with Crippen molar-refractivity contribution in [3.8, 4) is 0 Å². The number of amides is 3. The Bertz CT molecular complexity index is 904. The molecule has 4 atom stereocenters. The molecule has 3 aliphatic rings. The minimum Gasteiger partial charge on any atom is -0.274 e. The highest BCUT2D eigenvalue weighted by Gasteiger charge is 2.59. The molecule has 2 aromatic rings. The topological polar surface area (TPSA) is 97.2 Å². The number of carbonyl (C=O) groups excluding carboxylic acids is 3. The summed E-state index contributed by atoms with van der Waals surface area (Å²) in [4.78, 5) is 39.1. The zero-order valence-electron chi connectivity index (χ0n) is 13.6. The number of nitrogens with zero attached hydrogens (tertiary/aromatic N) is 4. The fraction of sp³-hybridized carbons (Fsp3) is 0.278. The number of allylic oxidation sites excluding steroid dienone is 2. The smallest absolute Gasteiger partial charge is 0.270 e. The monoisotopic (exact) mass is 349 g/mol. The van der Waals surface area contributed by atoms with E-state index in [4.69, 9.17) is 0 Å². The molecule has 1 aromatic carbocycles. The highest BCUT2D eigenvalue weighted by Crippen LogP contribution is 2.53. The minimum atomic E-state index is -0.338. The largest absolute Gasteiger partial charge is 0.274 e. The summed E-state index contributed by atoms with van der Waals surface area (Å²) in [5.41, 5.74) is 3.51. The van der Waals surface area contributed by atoms with Gasteiger partial charge < -0.3 is 0 Å². The average Bonchev–Trinajstić information content (AvgIpc) is 3.41. The lowest BCUT2D eigenvalue weighted by Crippen LogP contribution is -2.32. The summed E-state index contributed by atoms with van der Waals surface area (Å²) in [7, 11) is 0. The van der Waals surface area contributed by atoms with Gasteiger partial charge in [0.25, 0.3) is 5.91 Å². The van der Waals surface area contributed by atoms with E-state index in [2.05, 4.69) is 27.8 Å². The predicted octanol–water partition coefficient (Wildman–Crippen LogP) is 0.973. The minimum absolute atomic E-state index is 0.126. The van der Waals surface area contributed by atoms with Crippen molar-refractivity contribution < 1.29 is 14.4 Å². The molecule has 1 saturated carbocycles. The van der Waals surface area contributed by atoms with Gasteiger partial charge in [-0.3, -0.25) is 24.7 Å². The van der Waals surface area contributed by atoms with Crippen molar-refractivity contribution in [2.75, 3.05) is 10.3 Å². The Hall–Kier alpha value is -3.29. The number of anilines is 1. The molecule has 26 heavy (non-hydrogen) atoms. The summed E-state index contributed by atoms with van der Waals surface area (Å²) < 4.78 is 1.34. The van der Waals surface area contributed by atoms with Crippen LogP contribution in [0.4, 0.5) is 5.69 Å². The Morgan fingerprint density at radius 3 is 2.12 bits per heavy atom. The molecule has 8 nitrogen and oxygen atoms in total. The quantitative estimate of drug-likeness (QED) is 0.658. The molecule has 2 bridgehead atoms. The summed E-state index contributed by atoms with van der Waals surface area (Å²) in [6.45, 7) is 0. The van der Waals surface area contributed by atoms with Crippen LogP contribution in [0.2, 0.25) is 0 Å². The normalized spacial score (nSPS) is 28.7. The van der Waals surface area contributed by atoms with Crippen molar-refractivity contribution in [2.24, 2.45) is 23.7 Å². The van der Waals surface area contributed by atoms with Gasteiger partial charge in [-0.15, -0.1) is 10.2 Å². The van der Waals surface area contributed by atoms with Crippen LogP contribution < -0.4 is 10.3 Å². The summed E-state index contributed by atoms with van der Waals surface area (Å²) >= 11 is 0. The van der Waals surface area contributed by atoms with E-state index in [9.17, 15) is 14.4 Å². The first-order valence-electron chi connectivity index (χ1n) is 8.45. The molecule has 8 heteroatoms. The first kappa shape index (κ1) is 15.0. The zero-order valence-corrected chi connectivity index (χ0v) is 13.6. The molecule has 1 N–H and O–H groups in total. The van der Waals surface area contributed by atoms with Crippen molar-refractivity contribution in [2.45, 2.75) is 6.42 Å². The number of imide groups is 1. The van der Waals surface area contributed by atoms with Crippen LogP contribution in [0.25, 0.3) is 0 Å². The molecule has 1 aromatic heterocycles. The summed E-state index contributed by atoms with van der Waals surface area (Å²) in [5.74, 6) is -0.685. The lowest BCUT2D eigenvalue weighted by atomic mass is 9.85. The van der Waals surface area contributed by atoms with Crippen LogP contribution in [-0.2, 0) is 9.59 Å². The third kappa shape index (κ3) is 2.05. The van der Waals surface area contributed by atoms with Crippen molar-refractivity contribution in [1.82, 2.24) is 14.9 Å². The van der Waals surface area contributed by atoms with Gasteiger partial charge in [-0.25, -0.2) is 4.68 Å². The lowest BCUT2D eigenvalue weighted by molar-refractivity contribution is -0.123. The van der Waals surface area contributed by atoms with Crippen LogP contribution in [-0.4, -0.2) is 32.6 Å². The van der Waals surface area contributed by atoms with Gasteiger partial charge in [0.2, 0.25) is 11.8 Å². The van der Waals surface area contributed by atoms with E-state index in [1.54, 1.807) is 24.3 Å². The number of rotatable bonds is 3. The van der Waals surface area contributed by atoms with Crippen LogP contribution in [0.1, 0.15) is 16.8 Å². The Morgan fingerprint density at radius 2 is 1.54 bits per heavy atom. The standard InChI is InChI=1S/C18H15N5O3/c24-16(21-22-8-19-20-9-22)10-3-5-13(6-4-10)23-17(25)14-11-1-2-12(7-11)15(14)18(23)26/h1-6,8-9,11-12,14-15H,7H2,(H,21,24)/t11-,12+,14+,15-. The Labute approximate surface area is 148 Å². The molecule has 2 aliphatic carbocycles. The second-order valence-corrected chi connectivity index (χ2v) is 6.87. The third-order valence-electron chi connectivity index (χ3n) is 5.51. The fourth-order valence-corrected chi connectivity index (χ4v) is 4.36. The highest BCUT2D eigenvalue weighted by molar-refractivity contribution is 6.22. The molecule has 0 radical (unpaired) electrons. The van der Waals surface area contributed by atoms with Crippen LogP contribution in [0.3, 0.4) is 0 Å². The molecule has 3 amide bonds.